The molecule has 0 atom stereocenters. The van der Waals surface area contributed by atoms with Gasteiger partial charge in [-0.3, -0.25) is 4.79 Å². The third kappa shape index (κ3) is 4.43. The highest BCUT2D eigenvalue weighted by molar-refractivity contribution is 6.04. The van der Waals surface area contributed by atoms with E-state index in [1.165, 1.54) is 0 Å². The molecule has 118 valence electrons. The van der Waals surface area contributed by atoms with E-state index >= 15 is 0 Å². The molecule has 0 unspecified atom stereocenters. The summed E-state index contributed by atoms with van der Waals surface area (Å²) in [4.78, 5) is 12.7. The molecule has 1 heterocycles. The summed E-state index contributed by atoms with van der Waals surface area (Å²) in [5.74, 6) is -2.45. The number of halogens is 2. The first-order valence-corrected chi connectivity index (χ1v) is 7.38. The molecule has 1 saturated heterocycles. The van der Waals surface area contributed by atoms with Crippen molar-refractivity contribution in [2.24, 2.45) is 11.7 Å². The molecule has 2 rings (SSSR count). The van der Waals surface area contributed by atoms with Crippen LogP contribution in [0.1, 0.15) is 36.0 Å². The highest BCUT2D eigenvalue weighted by Gasteiger charge is 2.17. The summed E-state index contributed by atoms with van der Waals surface area (Å²) in [7, 11) is 5.69. The van der Waals surface area contributed by atoms with E-state index in [9.17, 15) is 13.6 Å². The fraction of sp³-hybridized carbons (Fsp3) is 0.533. The van der Waals surface area contributed by atoms with Crippen LogP contribution in [-0.4, -0.2) is 38.4 Å². The zero-order valence-corrected chi connectivity index (χ0v) is 12.4. The Labute approximate surface area is 130 Å². The fourth-order valence-corrected chi connectivity index (χ4v) is 2.67. The van der Waals surface area contributed by atoms with Gasteiger partial charge in [0, 0.05) is 12.1 Å². The molecule has 1 aromatic rings. The summed E-state index contributed by atoms with van der Waals surface area (Å²) in [6, 6.07) is 1.96. The molecule has 0 aliphatic carbocycles. The van der Waals surface area contributed by atoms with Gasteiger partial charge in [-0.1, -0.05) is 0 Å². The van der Waals surface area contributed by atoms with Crippen molar-refractivity contribution in [2.75, 3.05) is 19.7 Å². The third-order valence-corrected chi connectivity index (χ3v) is 3.94. The zero-order chi connectivity index (χ0) is 16.1. The molecular formula is C15H19BF2N2O2. The molecular weight excluding hydrogens is 289 g/mol. The van der Waals surface area contributed by atoms with Gasteiger partial charge in [-0.05, 0) is 44.7 Å². The van der Waals surface area contributed by atoms with Gasteiger partial charge < -0.3 is 15.3 Å². The molecule has 2 N–H and O–H groups in total. The van der Waals surface area contributed by atoms with E-state index in [1.807, 2.05) is 4.81 Å². The summed E-state index contributed by atoms with van der Waals surface area (Å²) >= 11 is 0. The number of ether oxygens (including phenoxy) is 1. The second-order valence-electron chi connectivity index (χ2n) is 5.60. The topological polar surface area (TPSA) is 55.6 Å². The lowest BCUT2D eigenvalue weighted by atomic mass is 9.91. The minimum absolute atomic E-state index is 0.0665. The summed E-state index contributed by atoms with van der Waals surface area (Å²) in [5, 5.41) is 0. The largest absolute Gasteiger partial charge is 0.493 e. The van der Waals surface area contributed by atoms with E-state index in [0.29, 0.717) is 12.5 Å². The summed E-state index contributed by atoms with van der Waals surface area (Å²) in [5.41, 5.74) is 4.17. The molecule has 1 amide bonds. The number of benzene rings is 1. The smallest absolute Gasteiger partial charge is 0.254 e. The number of rotatable bonds is 6. The monoisotopic (exact) mass is 308 g/mol. The number of nitrogens with two attached hydrogens (primary N) is 1. The molecule has 1 aliphatic heterocycles. The van der Waals surface area contributed by atoms with Crippen molar-refractivity contribution in [3.63, 3.8) is 0 Å². The molecule has 1 fully saturated rings. The van der Waals surface area contributed by atoms with E-state index in [-0.39, 0.29) is 5.75 Å². The van der Waals surface area contributed by atoms with Gasteiger partial charge in [-0.15, -0.1) is 0 Å². The Morgan fingerprint density at radius 3 is 2.45 bits per heavy atom. The lowest BCUT2D eigenvalue weighted by Crippen LogP contribution is -2.31. The van der Waals surface area contributed by atoms with Crippen molar-refractivity contribution in [1.29, 1.82) is 0 Å². The van der Waals surface area contributed by atoms with Crippen LogP contribution in [0.4, 0.5) is 8.78 Å². The van der Waals surface area contributed by atoms with Gasteiger partial charge in [0.15, 0.2) is 7.98 Å². The van der Waals surface area contributed by atoms with Crippen molar-refractivity contribution in [3.05, 3.63) is 29.3 Å². The van der Waals surface area contributed by atoms with Crippen molar-refractivity contribution >= 4 is 13.9 Å². The van der Waals surface area contributed by atoms with Crippen LogP contribution in [-0.2, 0) is 0 Å². The van der Waals surface area contributed by atoms with Gasteiger partial charge in [0.05, 0.1) is 6.61 Å². The lowest BCUT2D eigenvalue weighted by molar-refractivity contribution is 0.0992. The van der Waals surface area contributed by atoms with Crippen LogP contribution in [0, 0.1) is 17.6 Å². The van der Waals surface area contributed by atoms with Crippen LogP contribution in [0.2, 0.25) is 0 Å². The lowest BCUT2D eigenvalue weighted by Gasteiger charge is -2.29. The first-order valence-electron chi connectivity index (χ1n) is 7.38. The highest BCUT2D eigenvalue weighted by atomic mass is 19.1. The van der Waals surface area contributed by atoms with Crippen LogP contribution in [0.15, 0.2) is 12.1 Å². The maximum Gasteiger partial charge on any atom is 0.254 e. The minimum atomic E-state index is -1.13. The number of carbonyl (C=O) groups is 1. The Morgan fingerprint density at radius 2 is 1.91 bits per heavy atom. The van der Waals surface area contributed by atoms with Crippen LogP contribution in [0.5, 0.6) is 5.75 Å². The number of primary amides is 1. The first-order chi connectivity index (χ1) is 10.5. The number of hydrogen-bond acceptors (Lipinski definition) is 3. The summed E-state index contributed by atoms with van der Waals surface area (Å²) in [6.07, 6.45) is 3.92. The van der Waals surface area contributed by atoms with E-state index in [2.05, 4.69) is 0 Å². The third-order valence-electron chi connectivity index (χ3n) is 3.94. The Bertz CT molecular complexity index is 511. The van der Waals surface area contributed by atoms with Gasteiger partial charge in [-0.25, -0.2) is 8.78 Å². The van der Waals surface area contributed by atoms with Gasteiger partial charge in [-0.2, -0.15) is 0 Å². The maximum absolute atomic E-state index is 13.6. The molecule has 4 nitrogen and oxygen atoms in total. The van der Waals surface area contributed by atoms with Crippen LogP contribution < -0.4 is 10.5 Å². The predicted octanol–water partition coefficient (Wildman–Crippen LogP) is 2.02. The SMILES string of the molecule is [B]N1CCC(CCCOc2cc(F)c(C(N)=O)c(F)c2)CC1. The summed E-state index contributed by atoms with van der Waals surface area (Å²) in [6.45, 7) is 2.17. The second-order valence-corrected chi connectivity index (χ2v) is 5.60. The van der Waals surface area contributed by atoms with Crippen molar-refractivity contribution in [1.82, 2.24) is 4.81 Å². The number of nitrogens with zero attached hydrogens (tertiary/aromatic N) is 1. The van der Waals surface area contributed by atoms with Gasteiger partial charge >= 0.3 is 0 Å². The number of hydrogen-bond donors (Lipinski definition) is 1. The number of amides is 1. The van der Waals surface area contributed by atoms with E-state index in [1.54, 1.807) is 0 Å². The molecule has 1 aliphatic rings. The minimum Gasteiger partial charge on any atom is -0.493 e. The van der Waals surface area contributed by atoms with Crippen molar-refractivity contribution < 1.29 is 18.3 Å². The Hall–Kier alpha value is -1.63. The van der Waals surface area contributed by atoms with Crippen LogP contribution >= 0.6 is 0 Å². The second kappa shape index (κ2) is 7.58. The van der Waals surface area contributed by atoms with E-state index < -0.39 is 23.1 Å². The van der Waals surface area contributed by atoms with Crippen molar-refractivity contribution in [2.45, 2.75) is 25.7 Å². The van der Waals surface area contributed by atoms with Crippen LogP contribution in [0.3, 0.4) is 0 Å². The van der Waals surface area contributed by atoms with Crippen LogP contribution in [0.25, 0.3) is 0 Å². The molecule has 7 heteroatoms. The Morgan fingerprint density at radius 1 is 1.32 bits per heavy atom. The first kappa shape index (κ1) is 16.7. The Kier molecular flexibility index (Phi) is 5.77. The molecule has 0 aromatic heterocycles. The average molecular weight is 308 g/mol. The highest BCUT2D eigenvalue weighted by Crippen LogP contribution is 2.23. The Balaban J connectivity index is 1.79. The fourth-order valence-electron chi connectivity index (χ4n) is 2.67. The van der Waals surface area contributed by atoms with E-state index in [4.69, 9.17) is 18.5 Å². The normalized spacial score (nSPS) is 16.6. The molecule has 0 spiro atoms. The standard InChI is InChI=1S/C15H19BF2N2O2/c16-20-5-3-10(4-6-20)2-1-7-22-11-8-12(17)14(15(19)21)13(18)9-11/h8-10H,1-7H2,(H2,19,21). The summed E-state index contributed by atoms with van der Waals surface area (Å²) < 4.78 is 32.5. The molecule has 22 heavy (non-hydrogen) atoms. The van der Waals surface area contributed by atoms with E-state index in [0.717, 1.165) is 50.9 Å². The zero-order valence-electron chi connectivity index (χ0n) is 12.4. The van der Waals surface area contributed by atoms with Gasteiger partial charge in [0.1, 0.15) is 22.9 Å². The number of carbonyl (C=O) groups excluding carboxylic acids is 1. The van der Waals surface area contributed by atoms with Gasteiger partial charge in [0.25, 0.3) is 5.91 Å². The maximum atomic E-state index is 13.6. The quantitative estimate of drug-likeness (QED) is 0.646. The molecule has 0 bridgehead atoms. The molecule has 1 aromatic carbocycles. The number of piperidine rings is 1. The molecule has 2 radical (unpaired) electrons. The molecule has 0 saturated carbocycles. The van der Waals surface area contributed by atoms with Gasteiger partial charge in [0.2, 0.25) is 0 Å². The predicted molar refractivity (Wildman–Crippen MR) is 79.7 cm³/mol. The van der Waals surface area contributed by atoms with Crippen molar-refractivity contribution in [3.8, 4) is 5.75 Å². The average Bonchev–Trinajstić information content (AvgIpc) is 2.44.